The molecule has 7 amide bonds. The Kier molecular flexibility index (Phi) is 20.0. The molecule has 3 unspecified atom stereocenters. The molecule has 0 radical (unpaired) electrons. The van der Waals surface area contributed by atoms with Crippen LogP contribution in [0.3, 0.4) is 0 Å². The van der Waals surface area contributed by atoms with Crippen LogP contribution in [0.4, 0.5) is 0 Å². The van der Waals surface area contributed by atoms with Gasteiger partial charge in [0.05, 0.1) is 18.1 Å². The predicted molar refractivity (Wildman–Crippen MR) is 271 cm³/mol. The summed E-state index contributed by atoms with van der Waals surface area (Å²) in [5, 5.41) is 42.7. The molecule has 10 N–H and O–H groups in total. The largest absolute Gasteiger partial charge is 0.376 e. The lowest BCUT2D eigenvalue weighted by atomic mass is 9.84. The van der Waals surface area contributed by atoms with E-state index in [2.05, 4.69) is 59.7 Å². The second-order valence-corrected chi connectivity index (χ2v) is 23.2. The number of aliphatic hydroxyl groups is 1. The first-order valence-electron chi connectivity index (χ1n) is 26.3. The van der Waals surface area contributed by atoms with E-state index in [1.807, 2.05) is 48.5 Å². The molecule has 1 aromatic heterocycles. The van der Waals surface area contributed by atoms with Crippen LogP contribution in [-0.4, -0.2) is 160 Å². The molecule has 1 aromatic rings. The van der Waals surface area contributed by atoms with Gasteiger partial charge in [0.25, 0.3) is 11.8 Å². The van der Waals surface area contributed by atoms with E-state index in [0.29, 0.717) is 11.8 Å². The summed E-state index contributed by atoms with van der Waals surface area (Å²) in [6.07, 6.45) is 10.1. The van der Waals surface area contributed by atoms with E-state index in [0.717, 1.165) is 51.4 Å². The van der Waals surface area contributed by atoms with Crippen molar-refractivity contribution in [1.29, 1.82) is 0 Å². The van der Waals surface area contributed by atoms with E-state index >= 15 is 0 Å². The number of rotatable bonds is 19. The van der Waals surface area contributed by atoms with Gasteiger partial charge in [-0.25, -0.2) is 0 Å². The Morgan fingerprint density at radius 1 is 0.648 bits per heavy atom. The van der Waals surface area contributed by atoms with Gasteiger partial charge in [-0.1, -0.05) is 80.1 Å². The second-order valence-electron chi connectivity index (χ2n) is 23.2. The molecular formula is C51H88N12O8. The Labute approximate surface area is 421 Å². The molecule has 2 aliphatic heterocycles. The van der Waals surface area contributed by atoms with E-state index in [1.165, 1.54) is 23.8 Å². The fraction of sp³-hybridized carbons (Fsp3) is 0.804. The fourth-order valence-electron chi connectivity index (χ4n) is 10.7. The number of aromatic nitrogens is 2. The van der Waals surface area contributed by atoms with Crippen LogP contribution in [0.5, 0.6) is 0 Å². The zero-order chi connectivity index (χ0) is 52.5. The molecule has 2 aliphatic carbocycles. The maximum absolute atomic E-state index is 14.6. The number of H-pyrrole nitrogens is 1. The third kappa shape index (κ3) is 15.0. The Hall–Kier alpha value is -4.66. The smallest absolute Gasteiger partial charge is 0.272 e. The second kappa shape index (κ2) is 24.8. The van der Waals surface area contributed by atoms with Gasteiger partial charge in [-0.05, 0) is 103 Å². The number of hydrogen-bond donors (Lipinski definition) is 10. The van der Waals surface area contributed by atoms with Gasteiger partial charge in [-0.2, -0.15) is 5.10 Å². The molecule has 0 aromatic carbocycles. The Balaban J connectivity index is 1.31. The summed E-state index contributed by atoms with van der Waals surface area (Å²) in [7, 11) is 3.32. The minimum Gasteiger partial charge on any atom is -0.376 e. The van der Waals surface area contributed by atoms with E-state index < -0.39 is 83.1 Å². The standard InChI is InChI=1S/C51H88N12O8/c1-28(32-19-15-13-16-20-32)54-46(68)38-23-34(26-62(38)48(70)40(50(5,6)7)58-42(64)30(3)52-11)56-44(66)36-25-37(61-60-36)45(67)57-35-24-39(47(69)55-29(2)33-21-17-14-18-22-33)63(27-35)49(71)41(51(8,9)10)59-43(65)31(4)53-12/h25,28-35,38-41,46,52-54,68H,13-24,26-27H2,1-12H3,(H,55,69)(H,56,66)(H,57,67)(H,58,64)(H,59,65)(H,60,61)/t28-,29-,30+,31?,34+,35?,38+,39+,40-,41-,46?/m1/s1. The van der Waals surface area contributed by atoms with Gasteiger partial charge in [-0.3, -0.25) is 44.0 Å². The number of carbonyl (C=O) groups is 7. The third-order valence-corrected chi connectivity index (χ3v) is 15.6. The lowest BCUT2D eigenvalue weighted by Crippen LogP contribution is -2.60. The summed E-state index contributed by atoms with van der Waals surface area (Å²) in [4.78, 5) is 100. The van der Waals surface area contributed by atoms with Gasteiger partial charge >= 0.3 is 0 Å². The molecule has 2 saturated heterocycles. The first-order chi connectivity index (χ1) is 33.3. The molecule has 11 atom stereocenters. The molecule has 20 nitrogen and oxygen atoms in total. The lowest BCUT2D eigenvalue weighted by Gasteiger charge is -2.38. The van der Waals surface area contributed by atoms with Crippen molar-refractivity contribution in [1.82, 2.24) is 62.5 Å². The van der Waals surface area contributed by atoms with Crippen molar-refractivity contribution in [2.45, 2.75) is 213 Å². The summed E-state index contributed by atoms with van der Waals surface area (Å²) in [6, 6.07) is -4.81. The first-order valence-corrected chi connectivity index (χ1v) is 26.3. The van der Waals surface area contributed by atoms with Crippen LogP contribution in [0, 0.1) is 22.7 Å². The minimum atomic E-state index is -1.13. The SMILES string of the molecule is CNC(C)C(=O)N[C@H](C(=O)N1CC(NC(=O)c2cc(C(=O)N[C@H]3C[C@@H](C(O)N[C@H](C)C4CCCCC4)N(C(=O)[C@@H](NC(=O)[C@H](C)NC)C(C)(C)C)C3)n[nH]2)C[C@H]1C(=O)N[C@H](C)C1CCCCC1)C(C)(C)C. The number of hydrogen-bond acceptors (Lipinski definition) is 12. The molecule has 2 saturated carbocycles. The average Bonchev–Trinajstić information content (AvgIpc) is 4.11. The minimum absolute atomic E-state index is 0.00153. The average molecular weight is 997 g/mol. The first kappa shape index (κ1) is 57.2. The van der Waals surface area contributed by atoms with Gasteiger partial charge in [0.15, 0.2) is 5.69 Å². The van der Waals surface area contributed by atoms with Crippen molar-refractivity contribution < 1.29 is 38.7 Å². The molecule has 71 heavy (non-hydrogen) atoms. The van der Waals surface area contributed by atoms with Crippen molar-refractivity contribution in [3.8, 4) is 0 Å². The summed E-state index contributed by atoms with van der Waals surface area (Å²) >= 11 is 0. The quantitative estimate of drug-likeness (QED) is 0.0893. The van der Waals surface area contributed by atoms with Gasteiger partial charge in [0.2, 0.25) is 29.5 Å². The normalized spacial score (nSPS) is 24.5. The highest BCUT2D eigenvalue weighted by Crippen LogP contribution is 2.32. The number of carbonyl (C=O) groups excluding carboxylic acids is 7. The topological polar surface area (TPSA) is 271 Å². The molecule has 400 valence electrons. The van der Waals surface area contributed by atoms with Crippen LogP contribution in [0.2, 0.25) is 0 Å². The summed E-state index contributed by atoms with van der Waals surface area (Å²) in [5.41, 5.74) is -1.53. The van der Waals surface area contributed by atoms with Gasteiger partial charge in [0.1, 0.15) is 30.0 Å². The van der Waals surface area contributed by atoms with Crippen LogP contribution in [0.1, 0.15) is 167 Å². The molecule has 0 bridgehead atoms. The van der Waals surface area contributed by atoms with Crippen LogP contribution in [0.15, 0.2) is 6.07 Å². The highest BCUT2D eigenvalue weighted by molar-refractivity contribution is 5.99. The molecular weight excluding hydrogens is 909 g/mol. The van der Waals surface area contributed by atoms with Crippen LogP contribution < -0.4 is 42.5 Å². The number of amides is 7. The van der Waals surface area contributed by atoms with Crippen molar-refractivity contribution in [2.24, 2.45) is 22.7 Å². The third-order valence-electron chi connectivity index (χ3n) is 15.6. The van der Waals surface area contributed by atoms with E-state index in [-0.39, 0.29) is 73.0 Å². The van der Waals surface area contributed by atoms with Gasteiger partial charge in [-0.15, -0.1) is 0 Å². The molecule has 4 fully saturated rings. The maximum Gasteiger partial charge on any atom is 0.272 e. The monoisotopic (exact) mass is 997 g/mol. The van der Waals surface area contributed by atoms with Gasteiger partial charge < -0.3 is 52.1 Å². The predicted octanol–water partition coefficient (Wildman–Crippen LogP) is 2.05. The molecule has 3 heterocycles. The number of aromatic amines is 1. The fourth-order valence-corrected chi connectivity index (χ4v) is 10.7. The highest BCUT2D eigenvalue weighted by Gasteiger charge is 2.48. The zero-order valence-corrected chi connectivity index (χ0v) is 44.6. The van der Waals surface area contributed by atoms with Crippen molar-refractivity contribution in [3.63, 3.8) is 0 Å². The zero-order valence-electron chi connectivity index (χ0n) is 44.6. The Morgan fingerprint density at radius 2 is 1.11 bits per heavy atom. The Bertz CT molecular complexity index is 2010. The number of nitrogens with zero attached hydrogens (tertiary/aromatic N) is 3. The van der Waals surface area contributed by atoms with Gasteiger partial charge in [0, 0.05) is 43.3 Å². The van der Waals surface area contributed by atoms with Crippen molar-refractivity contribution >= 4 is 41.4 Å². The number of nitrogens with one attached hydrogen (secondary N) is 9. The molecule has 20 heteroatoms. The molecule has 5 rings (SSSR count). The number of aliphatic hydroxyl groups excluding tert-OH is 1. The van der Waals surface area contributed by atoms with E-state index in [1.54, 1.807) is 32.8 Å². The Morgan fingerprint density at radius 3 is 1.62 bits per heavy atom. The summed E-state index contributed by atoms with van der Waals surface area (Å²) in [6.45, 7) is 18.6. The summed E-state index contributed by atoms with van der Waals surface area (Å²) in [5.74, 6) is -2.37. The van der Waals surface area contributed by atoms with Crippen molar-refractivity contribution in [3.05, 3.63) is 17.5 Å². The van der Waals surface area contributed by atoms with Crippen LogP contribution in [-0.2, 0) is 24.0 Å². The van der Waals surface area contributed by atoms with E-state index in [9.17, 15) is 38.7 Å². The van der Waals surface area contributed by atoms with Crippen LogP contribution >= 0.6 is 0 Å². The number of likely N-dealkylation sites (N-methyl/N-ethyl adjacent to an activating group) is 2. The highest BCUT2D eigenvalue weighted by atomic mass is 16.3. The molecule has 4 aliphatic rings. The maximum atomic E-state index is 14.6. The lowest BCUT2D eigenvalue weighted by molar-refractivity contribution is -0.144. The molecule has 0 spiro atoms. The van der Waals surface area contributed by atoms with Crippen LogP contribution in [0.25, 0.3) is 0 Å². The summed E-state index contributed by atoms with van der Waals surface area (Å²) < 4.78 is 0. The van der Waals surface area contributed by atoms with E-state index in [4.69, 9.17) is 0 Å². The number of likely N-dealkylation sites (tertiary alicyclic amines) is 2. The van der Waals surface area contributed by atoms with Crippen molar-refractivity contribution in [2.75, 3.05) is 27.2 Å².